The number of nitrogens with zero attached hydrogens (tertiary/aromatic N) is 2. The smallest absolute Gasteiger partial charge is 0.332 e. The number of hydrogen-bond donors (Lipinski definition) is 1. The van der Waals surface area contributed by atoms with Gasteiger partial charge >= 0.3 is 5.69 Å². The molecule has 8 heteroatoms. The highest BCUT2D eigenvalue weighted by atomic mass is 32.1. The molecule has 1 N–H and O–H groups in total. The van der Waals surface area contributed by atoms with Crippen LogP contribution in [0.5, 0.6) is 0 Å². The standard InChI is InChI=1S/C19H20FN3O3S/c1-3-12(2)21-16(24)11-22-15-8-9-27-17(15)18(25)23(19(22)26)10-13-6-4-5-7-14(13)20/h4-9,12H,3,10-11H2,1-2H3,(H,21,24)/t12-/m0/s1. The number of carbonyl (C=O) groups is 1. The van der Waals surface area contributed by atoms with Crippen molar-refractivity contribution in [3.8, 4) is 0 Å². The van der Waals surface area contributed by atoms with Gasteiger partial charge in [0.1, 0.15) is 17.1 Å². The van der Waals surface area contributed by atoms with Gasteiger partial charge in [-0.2, -0.15) is 0 Å². The van der Waals surface area contributed by atoms with Gasteiger partial charge in [-0.15, -0.1) is 11.3 Å². The van der Waals surface area contributed by atoms with Crippen LogP contribution in [-0.4, -0.2) is 21.1 Å². The Hall–Kier alpha value is -2.74. The van der Waals surface area contributed by atoms with Gasteiger partial charge < -0.3 is 5.32 Å². The van der Waals surface area contributed by atoms with Gasteiger partial charge in [0.15, 0.2) is 0 Å². The molecule has 0 fully saturated rings. The van der Waals surface area contributed by atoms with E-state index in [2.05, 4.69) is 5.32 Å². The van der Waals surface area contributed by atoms with E-state index in [0.29, 0.717) is 10.2 Å². The first kappa shape index (κ1) is 19.0. The summed E-state index contributed by atoms with van der Waals surface area (Å²) in [6.07, 6.45) is 0.765. The minimum absolute atomic E-state index is 0.0181. The van der Waals surface area contributed by atoms with Gasteiger partial charge in [-0.1, -0.05) is 25.1 Å². The number of nitrogens with one attached hydrogen (secondary N) is 1. The normalized spacial score (nSPS) is 12.3. The van der Waals surface area contributed by atoms with Gasteiger partial charge in [0.2, 0.25) is 5.91 Å². The zero-order valence-corrected chi connectivity index (χ0v) is 15.9. The maximum Gasteiger partial charge on any atom is 0.332 e. The quantitative estimate of drug-likeness (QED) is 0.703. The summed E-state index contributed by atoms with van der Waals surface area (Å²) < 4.78 is 16.6. The first-order chi connectivity index (χ1) is 12.9. The Bertz CT molecular complexity index is 1100. The molecule has 0 saturated carbocycles. The lowest BCUT2D eigenvalue weighted by atomic mass is 10.2. The van der Waals surface area contributed by atoms with Gasteiger partial charge in [-0.3, -0.25) is 18.7 Å². The number of carbonyl (C=O) groups excluding carboxylic acids is 1. The van der Waals surface area contributed by atoms with Crippen molar-refractivity contribution in [2.75, 3.05) is 0 Å². The lowest BCUT2D eigenvalue weighted by Gasteiger charge is -2.15. The minimum atomic E-state index is -0.631. The van der Waals surface area contributed by atoms with Gasteiger partial charge in [-0.05, 0) is 30.9 Å². The highest BCUT2D eigenvalue weighted by Gasteiger charge is 2.18. The molecule has 2 heterocycles. The van der Waals surface area contributed by atoms with Crippen molar-refractivity contribution in [1.82, 2.24) is 14.5 Å². The summed E-state index contributed by atoms with van der Waals surface area (Å²) in [7, 11) is 0. The Morgan fingerprint density at radius 3 is 2.67 bits per heavy atom. The number of thiophene rings is 1. The van der Waals surface area contributed by atoms with Gasteiger partial charge in [0, 0.05) is 11.6 Å². The Kier molecular flexibility index (Phi) is 5.55. The number of aromatic nitrogens is 2. The highest BCUT2D eigenvalue weighted by Crippen LogP contribution is 2.16. The number of benzene rings is 1. The fourth-order valence-electron chi connectivity index (χ4n) is 2.79. The topological polar surface area (TPSA) is 73.1 Å². The van der Waals surface area contributed by atoms with E-state index < -0.39 is 17.1 Å². The number of hydrogen-bond acceptors (Lipinski definition) is 4. The van der Waals surface area contributed by atoms with E-state index >= 15 is 0 Å². The van der Waals surface area contributed by atoms with Crippen molar-refractivity contribution < 1.29 is 9.18 Å². The Balaban J connectivity index is 2.08. The molecule has 27 heavy (non-hydrogen) atoms. The zero-order valence-electron chi connectivity index (χ0n) is 15.1. The van der Waals surface area contributed by atoms with E-state index in [1.807, 2.05) is 13.8 Å². The zero-order chi connectivity index (χ0) is 19.6. The van der Waals surface area contributed by atoms with Crippen LogP contribution in [0.1, 0.15) is 25.8 Å². The molecule has 6 nitrogen and oxygen atoms in total. The summed E-state index contributed by atoms with van der Waals surface area (Å²) in [5, 5.41) is 4.51. The molecule has 0 aliphatic heterocycles. The number of fused-ring (bicyclic) bond motifs is 1. The summed E-state index contributed by atoms with van der Waals surface area (Å²) in [5.74, 6) is -0.800. The van der Waals surface area contributed by atoms with Crippen LogP contribution in [0.2, 0.25) is 0 Å². The van der Waals surface area contributed by atoms with Crippen LogP contribution in [0.3, 0.4) is 0 Å². The first-order valence-electron chi connectivity index (χ1n) is 8.66. The highest BCUT2D eigenvalue weighted by molar-refractivity contribution is 7.17. The summed E-state index contributed by atoms with van der Waals surface area (Å²) in [6.45, 7) is 3.43. The predicted molar refractivity (Wildman–Crippen MR) is 104 cm³/mol. The molecule has 0 spiro atoms. The van der Waals surface area contributed by atoms with E-state index in [-0.39, 0.29) is 30.6 Å². The molecule has 0 aliphatic carbocycles. The molecule has 0 aliphatic rings. The van der Waals surface area contributed by atoms with Crippen LogP contribution in [-0.2, 0) is 17.9 Å². The molecule has 2 aromatic heterocycles. The SMILES string of the molecule is CC[C@H](C)NC(=O)Cn1c(=O)n(Cc2ccccc2F)c(=O)c2sccc21. The second-order valence-electron chi connectivity index (χ2n) is 6.36. The predicted octanol–water partition coefficient (Wildman–Crippen LogP) is 2.33. The van der Waals surface area contributed by atoms with E-state index in [1.54, 1.807) is 23.6 Å². The van der Waals surface area contributed by atoms with Gasteiger partial charge in [0.25, 0.3) is 5.56 Å². The average molecular weight is 389 g/mol. The first-order valence-corrected chi connectivity index (χ1v) is 9.54. The fraction of sp³-hybridized carbons (Fsp3) is 0.316. The third-order valence-corrected chi connectivity index (χ3v) is 5.34. The van der Waals surface area contributed by atoms with Crippen LogP contribution >= 0.6 is 11.3 Å². The summed E-state index contributed by atoms with van der Waals surface area (Å²) in [4.78, 5) is 38.0. The van der Waals surface area contributed by atoms with Crippen LogP contribution in [0, 0.1) is 5.82 Å². The van der Waals surface area contributed by atoms with Crippen LogP contribution < -0.4 is 16.6 Å². The summed E-state index contributed by atoms with van der Waals surface area (Å²) in [5.41, 5.74) is -0.456. The third-order valence-electron chi connectivity index (χ3n) is 4.44. The van der Waals surface area contributed by atoms with Crippen molar-refractivity contribution in [1.29, 1.82) is 0 Å². The van der Waals surface area contributed by atoms with Gasteiger partial charge in [0.05, 0.1) is 12.1 Å². The number of rotatable bonds is 6. The Morgan fingerprint density at radius 1 is 1.22 bits per heavy atom. The lowest BCUT2D eigenvalue weighted by molar-refractivity contribution is -0.122. The molecular formula is C19H20FN3O3S. The summed E-state index contributed by atoms with van der Waals surface area (Å²) in [6, 6.07) is 7.62. The molecule has 1 atom stereocenters. The molecule has 3 aromatic rings. The van der Waals surface area contributed by atoms with Crippen LogP contribution in [0.4, 0.5) is 4.39 Å². The third kappa shape index (κ3) is 3.85. The van der Waals surface area contributed by atoms with E-state index in [0.717, 1.165) is 11.0 Å². The molecular weight excluding hydrogens is 369 g/mol. The van der Waals surface area contributed by atoms with E-state index in [4.69, 9.17) is 0 Å². The van der Waals surface area contributed by atoms with Gasteiger partial charge in [-0.25, -0.2) is 9.18 Å². The molecule has 0 saturated heterocycles. The minimum Gasteiger partial charge on any atom is -0.352 e. The second kappa shape index (κ2) is 7.87. The molecule has 0 bridgehead atoms. The molecule has 142 valence electrons. The van der Waals surface area contributed by atoms with Crippen LogP contribution in [0.15, 0.2) is 45.3 Å². The Labute approximate surface area is 158 Å². The van der Waals surface area contributed by atoms with Crippen molar-refractivity contribution in [3.05, 3.63) is 67.9 Å². The second-order valence-corrected chi connectivity index (χ2v) is 7.28. The van der Waals surface area contributed by atoms with E-state index in [1.165, 1.54) is 28.0 Å². The lowest BCUT2D eigenvalue weighted by Crippen LogP contribution is -2.43. The maximum absolute atomic E-state index is 14.0. The van der Waals surface area contributed by atoms with Crippen molar-refractivity contribution in [2.24, 2.45) is 0 Å². The maximum atomic E-state index is 14.0. The summed E-state index contributed by atoms with van der Waals surface area (Å²) >= 11 is 1.19. The van der Waals surface area contributed by atoms with E-state index in [9.17, 15) is 18.8 Å². The fourth-order valence-corrected chi connectivity index (χ4v) is 3.63. The van der Waals surface area contributed by atoms with Crippen molar-refractivity contribution in [2.45, 2.75) is 39.4 Å². The largest absolute Gasteiger partial charge is 0.352 e. The molecule has 0 radical (unpaired) electrons. The average Bonchev–Trinajstić information content (AvgIpc) is 3.13. The monoisotopic (exact) mass is 389 g/mol. The van der Waals surface area contributed by atoms with Crippen molar-refractivity contribution >= 4 is 27.5 Å². The van der Waals surface area contributed by atoms with Crippen molar-refractivity contribution in [3.63, 3.8) is 0 Å². The molecule has 1 amide bonds. The molecule has 0 unspecified atom stereocenters. The number of amides is 1. The van der Waals surface area contributed by atoms with Crippen LogP contribution in [0.25, 0.3) is 10.2 Å². The molecule has 3 rings (SSSR count). The number of halogens is 1. The Morgan fingerprint density at radius 2 is 1.96 bits per heavy atom. The molecule has 1 aromatic carbocycles.